The average Bonchev–Trinajstić information content (AvgIpc) is 3.44. The molecule has 192 valence electrons. The van der Waals surface area contributed by atoms with Crippen LogP contribution in [0.15, 0.2) is 23.1 Å². The number of anilines is 1. The lowest BCUT2D eigenvalue weighted by atomic mass is 10.0. The molecule has 1 heterocycles. The summed E-state index contributed by atoms with van der Waals surface area (Å²) in [6.45, 7) is 2.50. The van der Waals surface area contributed by atoms with Crippen molar-refractivity contribution < 1.29 is 31.1 Å². The molecule has 1 aliphatic heterocycles. The van der Waals surface area contributed by atoms with Gasteiger partial charge in [-0.3, -0.25) is 4.79 Å². The highest BCUT2D eigenvalue weighted by Gasteiger charge is 2.50. The van der Waals surface area contributed by atoms with Gasteiger partial charge < -0.3 is 19.9 Å². The second-order valence-corrected chi connectivity index (χ2v) is 11.9. The van der Waals surface area contributed by atoms with Crippen molar-refractivity contribution in [2.24, 2.45) is 5.92 Å². The maximum absolute atomic E-state index is 14.1. The SMILES string of the molecule is C#CC1(NC(=O)[C@@H]2C[C@@H](S(=O)(=O)c3ccc(N4CCN(C)CC4)cc3C(F)(F)F)C[C@H]2OC)CC1. The first-order valence-electron chi connectivity index (χ1n) is 11.6. The van der Waals surface area contributed by atoms with Crippen LogP contribution < -0.4 is 10.2 Å². The molecule has 7 nitrogen and oxygen atoms in total. The number of carbonyl (C=O) groups is 1. The molecule has 4 rings (SSSR count). The first-order chi connectivity index (χ1) is 16.4. The van der Waals surface area contributed by atoms with Crippen molar-refractivity contribution in [1.29, 1.82) is 0 Å². The summed E-state index contributed by atoms with van der Waals surface area (Å²) < 4.78 is 74.5. The first-order valence-corrected chi connectivity index (χ1v) is 13.2. The smallest absolute Gasteiger partial charge is 0.381 e. The van der Waals surface area contributed by atoms with Gasteiger partial charge >= 0.3 is 6.18 Å². The number of hydrogen-bond donors (Lipinski definition) is 1. The molecular weight excluding hydrogens is 483 g/mol. The number of methoxy groups -OCH3 is 1. The Bertz CT molecular complexity index is 1120. The van der Waals surface area contributed by atoms with Gasteiger partial charge in [-0.2, -0.15) is 13.2 Å². The Morgan fingerprint density at radius 1 is 1.20 bits per heavy atom. The molecule has 0 radical (unpaired) electrons. The van der Waals surface area contributed by atoms with Crippen LogP contribution in [0.25, 0.3) is 0 Å². The van der Waals surface area contributed by atoms with Crippen LogP contribution in [0, 0.1) is 18.3 Å². The van der Waals surface area contributed by atoms with E-state index in [0.29, 0.717) is 44.7 Å². The van der Waals surface area contributed by atoms with E-state index in [2.05, 4.69) is 16.1 Å². The number of amides is 1. The standard InChI is InChI=1S/C24H30F3N3O4S/c1-4-23(7-8-23)28-22(31)18-14-17(15-20(18)34-3)35(32,33)21-6-5-16(13-19(21)24(25,26)27)30-11-9-29(2)10-12-30/h1,5-6,13,17-18,20H,7-12,14-15H2,2-3H3,(H,28,31)/t17-,18-,20-/m1/s1. The number of ether oxygens (including phenoxy) is 1. The topological polar surface area (TPSA) is 79.0 Å². The van der Waals surface area contributed by atoms with E-state index in [1.807, 2.05) is 11.9 Å². The predicted molar refractivity (Wildman–Crippen MR) is 125 cm³/mol. The van der Waals surface area contributed by atoms with Crippen LogP contribution in [-0.4, -0.2) is 76.5 Å². The second kappa shape index (κ2) is 9.30. The molecule has 0 spiro atoms. The van der Waals surface area contributed by atoms with Crippen molar-refractivity contribution in [1.82, 2.24) is 10.2 Å². The zero-order valence-corrected chi connectivity index (χ0v) is 20.6. The zero-order chi connectivity index (χ0) is 25.6. The molecule has 0 bridgehead atoms. The summed E-state index contributed by atoms with van der Waals surface area (Å²) >= 11 is 0. The van der Waals surface area contributed by atoms with Gasteiger partial charge in [0.25, 0.3) is 0 Å². The van der Waals surface area contributed by atoms with Crippen molar-refractivity contribution in [3.8, 4) is 12.3 Å². The maximum atomic E-state index is 14.1. The van der Waals surface area contributed by atoms with Crippen LogP contribution in [0.1, 0.15) is 31.2 Å². The number of hydrogen-bond acceptors (Lipinski definition) is 6. The summed E-state index contributed by atoms with van der Waals surface area (Å²) in [5, 5.41) is 1.60. The van der Waals surface area contributed by atoms with Crippen molar-refractivity contribution in [2.75, 3.05) is 45.2 Å². The number of terminal acetylenes is 1. The van der Waals surface area contributed by atoms with E-state index in [-0.39, 0.29) is 12.8 Å². The zero-order valence-electron chi connectivity index (χ0n) is 19.8. The van der Waals surface area contributed by atoms with Gasteiger partial charge in [-0.05, 0) is 50.9 Å². The van der Waals surface area contributed by atoms with Gasteiger partial charge in [-0.1, -0.05) is 5.92 Å². The van der Waals surface area contributed by atoms with Gasteiger partial charge in [0.15, 0.2) is 9.84 Å². The highest BCUT2D eigenvalue weighted by atomic mass is 32.2. The maximum Gasteiger partial charge on any atom is 0.417 e. The van der Waals surface area contributed by atoms with Crippen LogP contribution in [0.5, 0.6) is 0 Å². The Hall–Kier alpha value is -2.29. The molecule has 3 atom stereocenters. The van der Waals surface area contributed by atoms with Crippen LogP contribution in [-0.2, 0) is 25.5 Å². The number of likely N-dealkylation sites (N-methyl/N-ethyl adjacent to an activating group) is 1. The lowest BCUT2D eigenvalue weighted by molar-refractivity contribution is -0.139. The molecule has 0 aromatic heterocycles. The summed E-state index contributed by atoms with van der Waals surface area (Å²) in [5.74, 6) is 1.30. The van der Waals surface area contributed by atoms with Gasteiger partial charge in [0.2, 0.25) is 5.91 Å². The minimum absolute atomic E-state index is 0.0719. The molecule has 2 saturated carbocycles. The van der Waals surface area contributed by atoms with Gasteiger partial charge in [0.05, 0.1) is 27.7 Å². The van der Waals surface area contributed by atoms with Crippen molar-refractivity contribution in [3.05, 3.63) is 23.8 Å². The fourth-order valence-electron chi connectivity index (χ4n) is 4.93. The number of benzene rings is 1. The molecule has 1 saturated heterocycles. The molecule has 3 fully saturated rings. The van der Waals surface area contributed by atoms with E-state index in [1.165, 1.54) is 13.2 Å². The Kier molecular flexibility index (Phi) is 6.85. The van der Waals surface area contributed by atoms with Crippen LogP contribution in [0.4, 0.5) is 18.9 Å². The van der Waals surface area contributed by atoms with Crippen LogP contribution in [0.3, 0.4) is 0 Å². The Morgan fingerprint density at radius 2 is 1.86 bits per heavy atom. The molecule has 1 aromatic carbocycles. The molecule has 1 aromatic rings. The van der Waals surface area contributed by atoms with Gasteiger partial charge in [0.1, 0.15) is 5.54 Å². The van der Waals surface area contributed by atoms with Crippen molar-refractivity contribution in [2.45, 2.75) is 53.6 Å². The second-order valence-electron chi connectivity index (χ2n) is 9.70. The number of nitrogens with zero attached hydrogens (tertiary/aromatic N) is 2. The third-order valence-corrected chi connectivity index (χ3v) is 9.60. The molecular formula is C24H30F3N3O4S. The Morgan fingerprint density at radius 3 is 2.40 bits per heavy atom. The predicted octanol–water partition coefficient (Wildman–Crippen LogP) is 2.31. The number of alkyl halides is 3. The van der Waals surface area contributed by atoms with E-state index >= 15 is 0 Å². The lowest BCUT2D eigenvalue weighted by Gasteiger charge is -2.34. The van der Waals surface area contributed by atoms with E-state index in [4.69, 9.17) is 11.2 Å². The van der Waals surface area contributed by atoms with Crippen molar-refractivity contribution >= 4 is 21.4 Å². The minimum atomic E-state index is -4.85. The number of sulfone groups is 1. The molecule has 3 aliphatic rings. The quantitative estimate of drug-likeness (QED) is 0.589. The molecule has 1 N–H and O–H groups in total. The summed E-state index contributed by atoms with van der Waals surface area (Å²) in [7, 11) is -1.10. The normalized spacial score (nSPS) is 26.9. The summed E-state index contributed by atoms with van der Waals surface area (Å²) in [6, 6.07) is 3.41. The molecule has 0 unspecified atom stereocenters. The van der Waals surface area contributed by atoms with Crippen LogP contribution in [0.2, 0.25) is 0 Å². The molecule has 11 heteroatoms. The van der Waals surface area contributed by atoms with E-state index in [1.54, 1.807) is 0 Å². The van der Waals surface area contributed by atoms with E-state index in [9.17, 15) is 26.4 Å². The Labute approximate surface area is 203 Å². The van der Waals surface area contributed by atoms with Gasteiger partial charge in [0, 0.05) is 39.0 Å². The minimum Gasteiger partial charge on any atom is -0.381 e. The number of carbonyl (C=O) groups excluding carboxylic acids is 1. The van der Waals surface area contributed by atoms with E-state index in [0.717, 1.165) is 12.1 Å². The highest BCUT2D eigenvalue weighted by Crippen LogP contribution is 2.43. The molecule has 1 amide bonds. The summed E-state index contributed by atoms with van der Waals surface area (Å²) in [6.07, 6.45) is 0.956. The number of nitrogens with one attached hydrogen (secondary N) is 1. The monoisotopic (exact) mass is 513 g/mol. The number of halogens is 3. The van der Waals surface area contributed by atoms with Crippen LogP contribution >= 0.6 is 0 Å². The largest absolute Gasteiger partial charge is 0.417 e. The summed E-state index contributed by atoms with van der Waals surface area (Å²) in [5.41, 5.74) is -1.55. The third-order valence-electron chi connectivity index (χ3n) is 7.37. The third kappa shape index (κ3) is 5.15. The Balaban J connectivity index is 1.61. The molecule has 35 heavy (non-hydrogen) atoms. The highest BCUT2D eigenvalue weighted by molar-refractivity contribution is 7.92. The first kappa shape index (κ1) is 25.8. The van der Waals surface area contributed by atoms with Gasteiger partial charge in [-0.15, -0.1) is 6.42 Å². The fourth-order valence-corrected chi connectivity index (χ4v) is 6.93. The average molecular weight is 514 g/mol. The van der Waals surface area contributed by atoms with E-state index < -0.39 is 55.2 Å². The van der Waals surface area contributed by atoms with Crippen molar-refractivity contribution in [3.63, 3.8) is 0 Å². The fraction of sp³-hybridized carbons (Fsp3) is 0.625. The summed E-state index contributed by atoms with van der Waals surface area (Å²) in [4.78, 5) is 16.0. The molecule has 2 aliphatic carbocycles. The lowest BCUT2D eigenvalue weighted by Crippen LogP contribution is -2.44. The van der Waals surface area contributed by atoms with Gasteiger partial charge in [-0.25, -0.2) is 8.42 Å². The number of piperazine rings is 1. The number of rotatable bonds is 6.